The van der Waals surface area contributed by atoms with Crippen LogP contribution in [0.1, 0.15) is 24.6 Å². The van der Waals surface area contributed by atoms with Crippen molar-refractivity contribution >= 4 is 16.6 Å². The van der Waals surface area contributed by atoms with Gasteiger partial charge in [0.15, 0.2) is 11.5 Å². The number of pyridine rings is 1. The molecule has 1 aliphatic rings. The van der Waals surface area contributed by atoms with E-state index in [2.05, 4.69) is 15.3 Å². The van der Waals surface area contributed by atoms with Gasteiger partial charge in [-0.3, -0.25) is 9.36 Å². The SMILES string of the molecule is Cc1cn2cc(-c3ccc4c(=O)n(C5CCNCC5)cnc4c3)cc(F)c2n1. The van der Waals surface area contributed by atoms with Crippen molar-refractivity contribution in [3.05, 3.63) is 64.9 Å². The molecule has 142 valence electrons. The van der Waals surface area contributed by atoms with E-state index in [1.54, 1.807) is 27.6 Å². The minimum atomic E-state index is -0.375. The number of piperidine rings is 1. The molecular formula is C21H20FN5O. The first-order valence-corrected chi connectivity index (χ1v) is 9.47. The third-order valence-corrected chi connectivity index (χ3v) is 5.45. The molecule has 0 amide bonds. The zero-order valence-electron chi connectivity index (χ0n) is 15.5. The maximum Gasteiger partial charge on any atom is 0.261 e. The summed E-state index contributed by atoms with van der Waals surface area (Å²) in [5.41, 5.74) is 3.20. The zero-order valence-corrected chi connectivity index (χ0v) is 15.5. The van der Waals surface area contributed by atoms with E-state index in [1.807, 2.05) is 25.3 Å². The second kappa shape index (κ2) is 6.53. The highest BCUT2D eigenvalue weighted by Crippen LogP contribution is 2.25. The number of benzene rings is 1. The third-order valence-electron chi connectivity index (χ3n) is 5.45. The van der Waals surface area contributed by atoms with Gasteiger partial charge in [0.1, 0.15) is 0 Å². The van der Waals surface area contributed by atoms with E-state index in [1.165, 1.54) is 6.07 Å². The van der Waals surface area contributed by atoms with E-state index in [9.17, 15) is 9.18 Å². The molecule has 7 heteroatoms. The summed E-state index contributed by atoms with van der Waals surface area (Å²) in [4.78, 5) is 21.6. The van der Waals surface area contributed by atoms with Crippen LogP contribution in [0.15, 0.2) is 47.8 Å². The van der Waals surface area contributed by atoms with E-state index in [0.29, 0.717) is 22.1 Å². The van der Waals surface area contributed by atoms with Crippen molar-refractivity contribution in [2.24, 2.45) is 0 Å². The molecule has 0 unspecified atom stereocenters. The number of rotatable bonds is 2. The fourth-order valence-corrected chi connectivity index (χ4v) is 4.00. The zero-order chi connectivity index (χ0) is 19.3. The number of halogens is 1. The van der Waals surface area contributed by atoms with Gasteiger partial charge in [0, 0.05) is 24.0 Å². The lowest BCUT2D eigenvalue weighted by molar-refractivity contribution is 0.359. The smallest absolute Gasteiger partial charge is 0.261 e. The molecule has 0 aliphatic carbocycles. The first-order chi connectivity index (χ1) is 13.6. The number of hydrogen-bond acceptors (Lipinski definition) is 4. The van der Waals surface area contributed by atoms with Crippen LogP contribution in [0.3, 0.4) is 0 Å². The van der Waals surface area contributed by atoms with Gasteiger partial charge in [0.25, 0.3) is 5.56 Å². The molecule has 0 radical (unpaired) electrons. The van der Waals surface area contributed by atoms with E-state index in [4.69, 9.17) is 0 Å². The molecule has 0 bridgehead atoms. The summed E-state index contributed by atoms with van der Waals surface area (Å²) in [7, 11) is 0. The molecule has 1 N–H and O–H groups in total. The first kappa shape index (κ1) is 17.1. The van der Waals surface area contributed by atoms with Crippen molar-refractivity contribution < 1.29 is 4.39 Å². The molecule has 6 nitrogen and oxygen atoms in total. The van der Waals surface area contributed by atoms with Gasteiger partial charge in [-0.2, -0.15) is 0 Å². The molecule has 1 aliphatic heterocycles. The fourth-order valence-electron chi connectivity index (χ4n) is 4.00. The highest BCUT2D eigenvalue weighted by molar-refractivity contribution is 5.83. The normalized spacial score (nSPS) is 15.5. The third kappa shape index (κ3) is 2.79. The molecule has 4 heterocycles. The van der Waals surface area contributed by atoms with Crippen LogP contribution in [0.2, 0.25) is 0 Å². The maximum atomic E-state index is 14.4. The van der Waals surface area contributed by atoms with Crippen LogP contribution in [-0.4, -0.2) is 32.0 Å². The number of fused-ring (bicyclic) bond motifs is 2. The highest BCUT2D eigenvalue weighted by atomic mass is 19.1. The summed E-state index contributed by atoms with van der Waals surface area (Å²) in [5.74, 6) is -0.375. The Kier molecular flexibility index (Phi) is 3.98. The summed E-state index contributed by atoms with van der Waals surface area (Å²) in [6.07, 6.45) is 7.13. The second-order valence-corrected chi connectivity index (χ2v) is 7.36. The van der Waals surface area contributed by atoms with Crippen LogP contribution in [0.4, 0.5) is 4.39 Å². The summed E-state index contributed by atoms with van der Waals surface area (Å²) in [5, 5.41) is 3.90. The minimum Gasteiger partial charge on any atom is -0.317 e. The molecule has 1 saturated heterocycles. The number of aromatic nitrogens is 4. The monoisotopic (exact) mass is 377 g/mol. The molecule has 1 aromatic carbocycles. The quantitative estimate of drug-likeness (QED) is 0.583. The highest BCUT2D eigenvalue weighted by Gasteiger charge is 2.17. The maximum absolute atomic E-state index is 14.4. The van der Waals surface area contributed by atoms with E-state index >= 15 is 0 Å². The number of nitrogens with one attached hydrogen (secondary N) is 1. The van der Waals surface area contributed by atoms with Crippen molar-refractivity contribution in [2.45, 2.75) is 25.8 Å². The summed E-state index contributed by atoms with van der Waals surface area (Å²) in [6.45, 7) is 3.66. The lowest BCUT2D eigenvalue weighted by Gasteiger charge is -2.24. The lowest BCUT2D eigenvalue weighted by Crippen LogP contribution is -2.34. The Balaban J connectivity index is 1.59. The topological polar surface area (TPSA) is 64.2 Å². The number of imidazole rings is 1. The van der Waals surface area contributed by atoms with Crippen LogP contribution >= 0.6 is 0 Å². The molecule has 0 spiro atoms. The Hall–Kier alpha value is -3.06. The molecular weight excluding hydrogens is 357 g/mol. The van der Waals surface area contributed by atoms with E-state index in [0.717, 1.165) is 37.2 Å². The Bertz CT molecular complexity index is 1250. The Labute approximate surface area is 160 Å². The largest absolute Gasteiger partial charge is 0.317 e. The summed E-state index contributed by atoms with van der Waals surface area (Å²) in [6, 6.07) is 7.14. The summed E-state index contributed by atoms with van der Waals surface area (Å²) >= 11 is 0. The molecule has 3 aromatic heterocycles. The Morgan fingerprint density at radius 2 is 1.96 bits per heavy atom. The Morgan fingerprint density at radius 3 is 2.79 bits per heavy atom. The minimum absolute atomic E-state index is 0.0182. The molecule has 4 aromatic rings. The summed E-state index contributed by atoms with van der Waals surface area (Å²) < 4.78 is 17.9. The van der Waals surface area contributed by atoms with Crippen molar-refractivity contribution in [1.29, 1.82) is 0 Å². The van der Waals surface area contributed by atoms with Gasteiger partial charge in [0.05, 0.1) is 22.9 Å². The van der Waals surface area contributed by atoms with Gasteiger partial charge in [-0.25, -0.2) is 14.4 Å². The average Bonchev–Trinajstić information content (AvgIpc) is 3.09. The first-order valence-electron chi connectivity index (χ1n) is 9.47. The van der Waals surface area contributed by atoms with Crippen LogP contribution in [0, 0.1) is 12.7 Å². The fraction of sp³-hybridized carbons (Fsp3) is 0.286. The molecule has 0 atom stereocenters. The van der Waals surface area contributed by atoms with Crippen LogP contribution < -0.4 is 10.9 Å². The van der Waals surface area contributed by atoms with Gasteiger partial charge in [-0.05, 0) is 56.6 Å². The number of hydrogen-bond donors (Lipinski definition) is 1. The lowest BCUT2D eigenvalue weighted by atomic mass is 10.0. The van der Waals surface area contributed by atoms with Crippen molar-refractivity contribution in [1.82, 2.24) is 24.3 Å². The van der Waals surface area contributed by atoms with Crippen LogP contribution in [0.25, 0.3) is 27.7 Å². The number of nitrogens with zero attached hydrogens (tertiary/aromatic N) is 4. The Morgan fingerprint density at radius 1 is 1.14 bits per heavy atom. The predicted molar refractivity (Wildman–Crippen MR) is 106 cm³/mol. The van der Waals surface area contributed by atoms with Crippen molar-refractivity contribution in [3.8, 4) is 11.1 Å². The standard InChI is InChI=1S/C21H20FN5O/c1-13-10-26-11-15(8-18(22)20(26)25-13)14-2-3-17-19(9-14)24-12-27(21(17)28)16-4-6-23-7-5-16/h2-3,8-12,16,23H,4-7H2,1H3. The van der Waals surface area contributed by atoms with Crippen LogP contribution in [0.5, 0.6) is 0 Å². The predicted octanol–water partition coefficient (Wildman–Crippen LogP) is 3.08. The second-order valence-electron chi connectivity index (χ2n) is 7.36. The van der Waals surface area contributed by atoms with Gasteiger partial charge in [0.2, 0.25) is 0 Å². The molecule has 5 rings (SSSR count). The molecule has 0 saturated carbocycles. The van der Waals surface area contributed by atoms with Gasteiger partial charge < -0.3 is 9.72 Å². The van der Waals surface area contributed by atoms with Gasteiger partial charge in [-0.15, -0.1) is 0 Å². The van der Waals surface area contributed by atoms with Crippen molar-refractivity contribution in [3.63, 3.8) is 0 Å². The molecule has 1 fully saturated rings. The van der Waals surface area contributed by atoms with Gasteiger partial charge >= 0.3 is 0 Å². The van der Waals surface area contributed by atoms with Gasteiger partial charge in [-0.1, -0.05) is 6.07 Å². The number of aryl methyl sites for hydroxylation is 1. The van der Waals surface area contributed by atoms with E-state index in [-0.39, 0.29) is 17.4 Å². The molecule has 28 heavy (non-hydrogen) atoms. The average molecular weight is 377 g/mol. The van der Waals surface area contributed by atoms with E-state index < -0.39 is 0 Å². The van der Waals surface area contributed by atoms with Crippen molar-refractivity contribution in [2.75, 3.05) is 13.1 Å². The van der Waals surface area contributed by atoms with Crippen LogP contribution in [-0.2, 0) is 0 Å².